The van der Waals surface area contributed by atoms with Crippen LogP contribution in [0.4, 0.5) is 5.69 Å². The molecule has 1 N–H and O–H groups in total. The highest BCUT2D eigenvalue weighted by Gasteiger charge is 2.15. The fourth-order valence-corrected chi connectivity index (χ4v) is 2.05. The molecule has 0 aromatic heterocycles. The standard InChI is InChI=1S/C18H18N2O2/c1-3-15-6-4-5-7-17(15)20-18(21)13(2)22-16-10-8-14(12-19)9-11-16/h4-11,13H,3H2,1-2H3,(H,20,21)/t13-/m1/s1. The lowest BCUT2D eigenvalue weighted by molar-refractivity contribution is -0.122. The van der Waals surface area contributed by atoms with Crippen molar-refractivity contribution in [3.8, 4) is 11.8 Å². The van der Waals surface area contributed by atoms with Gasteiger partial charge in [0.2, 0.25) is 0 Å². The van der Waals surface area contributed by atoms with Gasteiger partial charge in [0.25, 0.3) is 5.91 Å². The molecule has 0 spiro atoms. The quantitative estimate of drug-likeness (QED) is 0.917. The highest BCUT2D eigenvalue weighted by Crippen LogP contribution is 2.17. The second-order valence-corrected chi connectivity index (χ2v) is 4.90. The first kappa shape index (κ1) is 15.6. The van der Waals surface area contributed by atoms with Crippen molar-refractivity contribution in [2.45, 2.75) is 26.4 Å². The van der Waals surface area contributed by atoms with Crippen LogP contribution in [0, 0.1) is 11.3 Å². The van der Waals surface area contributed by atoms with Gasteiger partial charge in [-0.25, -0.2) is 0 Å². The Bertz CT molecular complexity index is 687. The molecule has 0 aliphatic heterocycles. The summed E-state index contributed by atoms with van der Waals surface area (Å²) in [5.74, 6) is 0.357. The number of carbonyl (C=O) groups excluding carboxylic acids is 1. The van der Waals surface area contributed by atoms with Crippen LogP contribution in [0.3, 0.4) is 0 Å². The lowest BCUT2D eigenvalue weighted by atomic mass is 10.1. The van der Waals surface area contributed by atoms with E-state index >= 15 is 0 Å². The minimum atomic E-state index is -0.627. The largest absolute Gasteiger partial charge is 0.481 e. The molecule has 0 heterocycles. The summed E-state index contributed by atoms with van der Waals surface area (Å²) in [6, 6.07) is 16.4. The van der Waals surface area contributed by atoms with Crippen molar-refractivity contribution < 1.29 is 9.53 Å². The zero-order valence-electron chi connectivity index (χ0n) is 12.7. The minimum absolute atomic E-state index is 0.203. The van der Waals surface area contributed by atoms with E-state index < -0.39 is 6.10 Å². The van der Waals surface area contributed by atoms with Crippen LogP contribution in [0.1, 0.15) is 25.0 Å². The van der Waals surface area contributed by atoms with Crippen LogP contribution in [0.2, 0.25) is 0 Å². The first-order chi connectivity index (χ1) is 10.6. The van der Waals surface area contributed by atoms with Gasteiger partial charge in [0.1, 0.15) is 5.75 Å². The van der Waals surface area contributed by atoms with E-state index in [0.29, 0.717) is 11.3 Å². The van der Waals surface area contributed by atoms with Gasteiger partial charge in [0.05, 0.1) is 11.6 Å². The summed E-state index contributed by atoms with van der Waals surface area (Å²) in [5.41, 5.74) is 2.45. The number of nitrogens with zero attached hydrogens (tertiary/aromatic N) is 1. The molecule has 2 aromatic carbocycles. The van der Waals surface area contributed by atoms with Crippen LogP contribution in [0.5, 0.6) is 5.75 Å². The molecule has 2 aromatic rings. The first-order valence-corrected chi connectivity index (χ1v) is 7.19. The molecule has 0 fully saturated rings. The first-order valence-electron chi connectivity index (χ1n) is 7.19. The van der Waals surface area contributed by atoms with E-state index in [9.17, 15) is 4.79 Å². The topological polar surface area (TPSA) is 62.1 Å². The third kappa shape index (κ3) is 3.86. The smallest absolute Gasteiger partial charge is 0.265 e. The molecule has 0 bridgehead atoms. The number of nitriles is 1. The van der Waals surface area contributed by atoms with E-state index in [1.807, 2.05) is 37.3 Å². The molecular formula is C18H18N2O2. The van der Waals surface area contributed by atoms with Gasteiger partial charge in [-0.3, -0.25) is 4.79 Å². The van der Waals surface area contributed by atoms with Gasteiger partial charge in [-0.15, -0.1) is 0 Å². The lowest BCUT2D eigenvalue weighted by Gasteiger charge is -2.16. The highest BCUT2D eigenvalue weighted by atomic mass is 16.5. The summed E-state index contributed by atoms with van der Waals surface area (Å²) in [7, 11) is 0. The van der Waals surface area contributed by atoms with Crippen molar-refractivity contribution in [3.63, 3.8) is 0 Å². The van der Waals surface area contributed by atoms with Gasteiger partial charge in [0.15, 0.2) is 6.10 Å². The summed E-state index contributed by atoms with van der Waals surface area (Å²) in [4.78, 5) is 12.2. The van der Waals surface area contributed by atoms with Gasteiger partial charge >= 0.3 is 0 Å². The summed E-state index contributed by atoms with van der Waals surface area (Å²) in [6.07, 6.45) is 0.222. The molecule has 0 saturated carbocycles. The highest BCUT2D eigenvalue weighted by molar-refractivity contribution is 5.94. The fourth-order valence-electron chi connectivity index (χ4n) is 2.05. The van der Waals surface area contributed by atoms with E-state index in [0.717, 1.165) is 17.7 Å². The number of anilines is 1. The Balaban J connectivity index is 2.01. The molecule has 0 aliphatic carbocycles. The van der Waals surface area contributed by atoms with E-state index in [-0.39, 0.29) is 5.91 Å². The summed E-state index contributed by atoms with van der Waals surface area (Å²) < 4.78 is 5.60. The Hall–Kier alpha value is -2.80. The third-order valence-corrected chi connectivity index (χ3v) is 3.32. The molecule has 22 heavy (non-hydrogen) atoms. The maximum atomic E-state index is 12.2. The van der Waals surface area contributed by atoms with E-state index in [2.05, 4.69) is 5.32 Å². The van der Waals surface area contributed by atoms with Crippen molar-refractivity contribution in [1.29, 1.82) is 5.26 Å². The lowest BCUT2D eigenvalue weighted by Crippen LogP contribution is -2.30. The Kier molecular flexibility index (Phi) is 5.16. The molecule has 0 unspecified atom stereocenters. The van der Waals surface area contributed by atoms with Crippen LogP contribution < -0.4 is 10.1 Å². The molecule has 0 aliphatic rings. The Labute approximate surface area is 130 Å². The Morgan fingerprint density at radius 3 is 2.55 bits per heavy atom. The molecule has 4 nitrogen and oxygen atoms in total. The molecule has 1 amide bonds. The number of rotatable bonds is 5. The van der Waals surface area contributed by atoms with Crippen LogP contribution >= 0.6 is 0 Å². The van der Waals surface area contributed by atoms with Crippen molar-refractivity contribution in [2.24, 2.45) is 0 Å². The number of para-hydroxylation sites is 1. The number of carbonyl (C=O) groups is 1. The summed E-state index contributed by atoms with van der Waals surface area (Å²) >= 11 is 0. The second-order valence-electron chi connectivity index (χ2n) is 4.90. The van der Waals surface area contributed by atoms with Gasteiger partial charge in [-0.2, -0.15) is 5.26 Å². The minimum Gasteiger partial charge on any atom is -0.481 e. The summed E-state index contributed by atoms with van der Waals surface area (Å²) in [6.45, 7) is 3.74. The maximum Gasteiger partial charge on any atom is 0.265 e. The molecule has 1 atom stereocenters. The van der Waals surface area contributed by atoms with Crippen LogP contribution in [0.15, 0.2) is 48.5 Å². The number of hydrogen-bond acceptors (Lipinski definition) is 3. The van der Waals surface area contributed by atoms with Crippen molar-refractivity contribution in [2.75, 3.05) is 5.32 Å². The predicted octanol–water partition coefficient (Wildman–Crippen LogP) is 3.53. The van der Waals surface area contributed by atoms with E-state index in [1.165, 1.54) is 0 Å². The maximum absolute atomic E-state index is 12.2. The van der Waals surface area contributed by atoms with Gasteiger partial charge in [0, 0.05) is 5.69 Å². The van der Waals surface area contributed by atoms with Crippen molar-refractivity contribution in [3.05, 3.63) is 59.7 Å². The van der Waals surface area contributed by atoms with Crippen LogP contribution in [0.25, 0.3) is 0 Å². The average Bonchev–Trinajstić information content (AvgIpc) is 2.56. The zero-order valence-corrected chi connectivity index (χ0v) is 12.7. The number of benzene rings is 2. The molecule has 112 valence electrons. The molecule has 2 rings (SSSR count). The van der Waals surface area contributed by atoms with Crippen molar-refractivity contribution in [1.82, 2.24) is 0 Å². The number of hydrogen-bond donors (Lipinski definition) is 1. The second kappa shape index (κ2) is 7.28. The van der Waals surface area contributed by atoms with Gasteiger partial charge < -0.3 is 10.1 Å². The summed E-state index contributed by atoms with van der Waals surface area (Å²) in [5, 5.41) is 11.6. The van der Waals surface area contributed by atoms with Crippen LogP contribution in [-0.4, -0.2) is 12.0 Å². The molecule has 4 heteroatoms. The predicted molar refractivity (Wildman–Crippen MR) is 85.7 cm³/mol. The van der Waals surface area contributed by atoms with Crippen molar-refractivity contribution >= 4 is 11.6 Å². The van der Waals surface area contributed by atoms with E-state index in [4.69, 9.17) is 10.00 Å². The Morgan fingerprint density at radius 2 is 1.91 bits per heavy atom. The number of ether oxygens (including phenoxy) is 1. The number of amides is 1. The monoisotopic (exact) mass is 294 g/mol. The molecule has 0 saturated heterocycles. The molecule has 0 radical (unpaired) electrons. The number of aryl methyl sites for hydroxylation is 1. The molecular weight excluding hydrogens is 276 g/mol. The Morgan fingerprint density at radius 1 is 1.23 bits per heavy atom. The third-order valence-electron chi connectivity index (χ3n) is 3.32. The SMILES string of the molecule is CCc1ccccc1NC(=O)[C@@H](C)Oc1ccc(C#N)cc1. The van der Waals surface area contributed by atoms with Crippen LogP contribution in [-0.2, 0) is 11.2 Å². The van der Waals surface area contributed by atoms with E-state index in [1.54, 1.807) is 31.2 Å². The zero-order chi connectivity index (χ0) is 15.9. The normalized spacial score (nSPS) is 11.3. The fraction of sp³-hybridized carbons (Fsp3) is 0.222. The van der Waals surface area contributed by atoms with Gasteiger partial charge in [-0.1, -0.05) is 25.1 Å². The average molecular weight is 294 g/mol. The number of nitrogens with one attached hydrogen (secondary N) is 1. The van der Waals surface area contributed by atoms with Gasteiger partial charge in [-0.05, 0) is 49.2 Å².